The van der Waals surface area contributed by atoms with E-state index in [-0.39, 0.29) is 6.03 Å². The van der Waals surface area contributed by atoms with E-state index >= 15 is 0 Å². The minimum atomic E-state index is -0.450. The number of fused-ring (bicyclic) bond motifs is 1. The van der Waals surface area contributed by atoms with Crippen LogP contribution in [-0.2, 0) is 4.74 Å². The highest BCUT2D eigenvalue weighted by molar-refractivity contribution is 7.98. The van der Waals surface area contributed by atoms with Gasteiger partial charge in [0.15, 0.2) is 10.6 Å². The molecule has 1 heterocycles. The van der Waals surface area contributed by atoms with Crippen molar-refractivity contribution in [2.24, 2.45) is 0 Å². The van der Waals surface area contributed by atoms with E-state index in [1.165, 1.54) is 25.6 Å². The number of hydrogen-bond acceptors (Lipinski definition) is 6. The van der Waals surface area contributed by atoms with Gasteiger partial charge in [0.2, 0.25) is 0 Å². The molecular weight excluding hydrogens is 384 g/mol. The van der Waals surface area contributed by atoms with Crippen LogP contribution in [0.3, 0.4) is 0 Å². The number of thioether (sulfide) groups is 1. The van der Waals surface area contributed by atoms with Crippen molar-refractivity contribution in [3.05, 3.63) is 47.3 Å². The number of methoxy groups -OCH3 is 2. The molecule has 8 heteroatoms. The number of urea groups is 1. The van der Waals surface area contributed by atoms with Crippen LogP contribution >= 0.6 is 23.1 Å². The molecule has 2 amide bonds. The van der Waals surface area contributed by atoms with Gasteiger partial charge in [0.1, 0.15) is 0 Å². The third-order valence-corrected chi connectivity index (χ3v) is 5.66. The number of carbonyl (C=O) groups is 2. The predicted octanol–water partition coefficient (Wildman–Crippen LogP) is 5.06. The minimum Gasteiger partial charge on any atom is -0.494 e. The van der Waals surface area contributed by atoms with Crippen LogP contribution in [0, 0.1) is 0 Å². The van der Waals surface area contributed by atoms with Crippen LogP contribution in [0.15, 0.2) is 47.4 Å². The van der Waals surface area contributed by atoms with Gasteiger partial charge in [0, 0.05) is 26.4 Å². The fourth-order valence-corrected chi connectivity index (χ4v) is 4.11. The first kappa shape index (κ1) is 19.1. The fourth-order valence-electron chi connectivity index (χ4n) is 2.58. The molecule has 6 nitrogen and oxygen atoms in total. The molecule has 0 aliphatic heterocycles. The zero-order valence-corrected chi connectivity index (χ0v) is 16.6. The zero-order chi connectivity index (χ0) is 19.4. The fraction of sp³-hybridized carbons (Fsp3) is 0.158. The molecule has 0 spiro atoms. The quantitative estimate of drug-likeness (QED) is 0.461. The Morgan fingerprint density at radius 3 is 2.44 bits per heavy atom. The molecule has 3 aromatic rings. The molecule has 0 unspecified atom stereocenters. The molecule has 3 rings (SSSR count). The number of nitrogens with one attached hydrogen (secondary N) is 2. The number of thiophene rings is 1. The second-order valence-electron chi connectivity index (χ2n) is 5.48. The summed E-state index contributed by atoms with van der Waals surface area (Å²) >= 11 is 2.89. The predicted molar refractivity (Wildman–Crippen MR) is 111 cm³/mol. The van der Waals surface area contributed by atoms with Crippen LogP contribution in [-0.4, -0.2) is 32.5 Å². The van der Waals surface area contributed by atoms with Gasteiger partial charge in [-0.25, -0.2) is 9.59 Å². The zero-order valence-electron chi connectivity index (χ0n) is 15.0. The first-order valence-electron chi connectivity index (χ1n) is 7.96. The monoisotopic (exact) mass is 402 g/mol. The molecule has 1 aromatic heterocycles. The molecular formula is C19H18N2O4S2. The van der Waals surface area contributed by atoms with Crippen LogP contribution < -0.4 is 15.4 Å². The van der Waals surface area contributed by atoms with E-state index in [4.69, 9.17) is 9.47 Å². The van der Waals surface area contributed by atoms with Crippen molar-refractivity contribution >= 4 is 56.6 Å². The average Bonchev–Trinajstić information content (AvgIpc) is 3.05. The maximum absolute atomic E-state index is 12.3. The molecule has 0 fully saturated rings. The Labute approximate surface area is 164 Å². The van der Waals surface area contributed by atoms with Crippen molar-refractivity contribution < 1.29 is 19.1 Å². The summed E-state index contributed by atoms with van der Waals surface area (Å²) in [5.74, 6) is -0.00689. The Bertz CT molecular complexity index is 1000. The molecule has 0 saturated carbocycles. The number of esters is 1. The van der Waals surface area contributed by atoms with Crippen molar-refractivity contribution in [2.75, 3.05) is 31.1 Å². The number of benzene rings is 2. The molecule has 0 saturated heterocycles. The summed E-state index contributed by atoms with van der Waals surface area (Å²) in [6.07, 6.45) is 1.98. The van der Waals surface area contributed by atoms with Crippen molar-refractivity contribution in [3.8, 4) is 5.75 Å². The van der Waals surface area contributed by atoms with Gasteiger partial charge in [0.05, 0.1) is 14.2 Å². The molecule has 0 radical (unpaired) electrons. The minimum absolute atomic E-state index is 0.352. The number of hydrogen-bond donors (Lipinski definition) is 2. The topological polar surface area (TPSA) is 76.7 Å². The third kappa shape index (κ3) is 4.17. The summed E-state index contributed by atoms with van der Waals surface area (Å²) in [4.78, 5) is 25.7. The SMILES string of the molecule is COC(=O)c1sc2ccc(NC(=O)Nc3cccc(SC)c3)cc2c1OC. The first-order chi connectivity index (χ1) is 13.0. The normalized spacial score (nSPS) is 10.5. The second-order valence-corrected chi connectivity index (χ2v) is 7.41. The highest BCUT2D eigenvalue weighted by Crippen LogP contribution is 2.39. The van der Waals surface area contributed by atoms with E-state index in [2.05, 4.69) is 10.6 Å². The van der Waals surface area contributed by atoms with E-state index in [0.717, 1.165) is 15.0 Å². The Kier molecular flexibility index (Phi) is 5.88. The van der Waals surface area contributed by atoms with Crippen molar-refractivity contribution in [2.45, 2.75) is 4.90 Å². The first-order valence-corrected chi connectivity index (χ1v) is 10.0. The molecule has 2 aromatic carbocycles. The van der Waals surface area contributed by atoms with Gasteiger partial charge >= 0.3 is 12.0 Å². The van der Waals surface area contributed by atoms with E-state index in [1.54, 1.807) is 23.9 Å². The van der Waals surface area contributed by atoms with Gasteiger partial charge < -0.3 is 20.1 Å². The number of carbonyl (C=O) groups excluding carboxylic acids is 2. The number of ether oxygens (including phenoxy) is 2. The number of anilines is 2. The molecule has 0 aliphatic carbocycles. The van der Waals surface area contributed by atoms with Crippen LogP contribution in [0.2, 0.25) is 0 Å². The van der Waals surface area contributed by atoms with E-state index in [9.17, 15) is 9.59 Å². The largest absolute Gasteiger partial charge is 0.494 e. The lowest BCUT2D eigenvalue weighted by molar-refractivity contribution is 0.0603. The highest BCUT2D eigenvalue weighted by Gasteiger charge is 2.20. The van der Waals surface area contributed by atoms with Gasteiger partial charge in [-0.05, 0) is 42.7 Å². The van der Waals surface area contributed by atoms with Crippen molar-refractivity contribution in [1.29, 1.82) is 0 Å². The third-order valence-electron chi connectivity index (χ3n) is 3.80. The van der Waals surface area contributed by atoms with Crippen molar-refractivity contribution in [1.82, 2.24) is 0 Å². The number of amides is 2. The Hall–Kier alpha value is -2.71. The summed E-state index contributed by atoms with van der Waals surface area (Å²) in [6, 6.07) is 12.6. The molecule has 0 atom stereocenters. The maximum Gasteiger partial charge on any atom is 0.351 e. The Morgan fingerprint density at radius 1 is 1.04 bits per heavy atom. The highest BCUT2D eigenvalue weighted by atomic mass is 32.2. The van der Waals surface area contributed by atoms with Gasteiger partial charge in [0.25, 0.3) is 0 Å². The lowest BCUT2D eigenvalue weighted by Gasteiger charge is -2.09. The van der Waals surface area contributed by atoms with E-state index < -0.39 is 5.97 Å². The molecule has 140 valence electrons. The average molecular weight is 402 g/mol. The summed E-state index contributed by atoms with van der Waals surface area (Å²) in [7, 11) is 2.83. The Morgan fingerprint density at radius 2 is 1.78 bits per heavy atom. The smallest absolute Gasteiger partial charge is 0.351 e. The van der Waals surface area contributed by atoms with Crippen LogP contribution in [0.4, 0.5) is 16.2 Å². The van der Waals surface area contributed by atoms with Gasteiger partial charge in [-0.1, -0.05) is 6.07 Å². The summed E-state index contributed by atoms with van der Waals surface area (Å²) in [6.45, 7) is 0. The Balaban J connectivity index is 1.82. The maximum atomic E-state index is 12.3. The summed E-state index contributed by atoms with van der Waals surface area (Å²) in [5, 5.41) is 6.35. The number of rotatable bonds is 5. The summed E-state index contributed by atoms with van der Waals surface area (Å²) in [5.41, 5.74) is 1.30. The summed E-state index contributed by atoms with van der Waals surface area (Å²) < 4.78 is 11.0. The van der Waals surface area contributed by atoms with E-state index in [0.29, 0.717) is 22.0 Å². The lowest BCUT2D eigenvalue weighted by Crippen LogP contribution is -2.19. The molecule has 0 aliphatic rings. The van der Waals surface area contributed by atoms with Crippen LogP contribution in [0.1, 0.15) is 9.67 Å². The standard InChI is InChI=1S/C19H18N2O4S2/c1-24-16-14-10-12(7-8-15(14)27-17(16)18(22)25-2)21-19(23)20-11-5-4-6-13(9-11)26-3/h4-10H,1-3H3,(H2,20,21,23). The van der Waals surface area contributed by atoms with Gasteiger partial charge in [-0.15, -0.1) is 23.1 Å². The van der Waals surface area contributed by atoms with Crippen molar-refractivity contribution in [3.63, 3.8) is 0 Å². The van der Waals surface area contributed by atoms with Gasteiger partial charge in [-0.3, -0.25) is 0 Å². The van der Waals surface area contributed by atoms with Crippen LogP contribution in [0.5, 0.6) is 5.75 Å². The van der Waals surface area contributed by atoms with E-state index in [1.807, 2.05) is 36.6 Å². The molecule has 0 bridgehead atoms. The van der Waals surface area contributed by atoms with Crippen LogP contribution in [0.25, 0.3) is 10.1 Å². The lowest BCUT2D eigenvalue weighted by atomic mass is 10.2. The second kappa shape index (κ2) is 8.32. The molecule has 2 N–H and O–H groups in total. The molecule has 27 heavy (non-hydrogen) atoms. The van der Waals surface area contributed by atoms with Gasteiger partial charge in [-0.2, -0.15) is 0 Å².